The van der Waals surface area contributed by atoms with Crippen molar-refractivity contribution in [2.75, 3.05) is 6.54 Å². The van der Waals surface area contributed by atoms with E-state index in [1.807, 2.05) is 48.0 Å². The fourth-order valence-electron chi connectivity index (χ4n) is 3.76. The van der Waals surface area contributed by atoms with Crippen LogP contribution in [0.3, 0.4) is 0 Å². The van der Waals surface area contributed by atoms with E-state index in [1.165, 1.54) is 0 Å². The summed E-state index contributed by atoms with van der Waals surface area (Å²) in [6.07, 6.45) is -1.13. The van der Waals surface area contributed by atoms with Crippen molar-refractivity contribution in [2.45, 2.75) is 44.3 Å². The Labute approximate surface area is 226 Å². The van der Waals surface area contributed by atoms with Crippen molar-refractivity contribution in [1.82, 2.24) is 25.5 Å². The van der Waals surface area contributed by atoms with Crippen LogP contribution in [-0.2, 0) is 28.0 Å². The van der Waals surface area contributed by atoms with E-state index in [-0.39, 0.29) is 17.9 Å². The Hall–Kier alpha value is -3.84. The second-order valence-electron chi connectivity index (χ2n) is 8.80. The molecule has 1 aliphatic heterocycles. The van der Waals surface area contributed by atoms with Crippen LogP contribution in [0.4, 0.5) is 13.2 Å². The minimum atomic E-state index is -5.08. The molecule has 1 fully saturated rings. The van der Waals surface area contributed by atoms with E-state index in [2.05, 4.69) is 20.9 Å². The highest BCUT2D eigenvalue weighted by molar-refractivity contribution is 6.35. The van der Waals surface area contributed by atoms with Crippen molar-refractivity contribution in [3.05, 3.63) is 59.4 Å². The van der Waals surface area contributed by atoms with Crippen LogP contribution in [0.25, 0.3) is 11.0 Å². The summed E-state index contributed by atoms with van der Waals surface area (Å²) in [5.41, 5.74) is 1.61. The van der Waals surface area contributed by atoms with Crippen molar-refractivity contribution in [1.29, 1.82) is 0 Å². The van der Waals surface area contributed by atoms with Gasteiger partial charge in [-0.1, -0.05) is 29.8 Å². The Morgan fingerprint density at radius 2 is 1.95 bits per heavy atom. The maximum absolute atomic E-state index is 12.6. The number of rotatable bonds is 7. The number of aliphatic carboxylic acids is 1. The maximum Gasteiger partial charge on any atom is 0.490 e. The van der Waals surface area contributed by atoms with Crippen LogP contribution >= 0.6 is 11.6 Å². The molecular weight excluding hydrogens is 543 g/mol. The van der Waals surface area contributed by atoms with Crippen molar-refractivity contribution in [2.24, 2.45) is 7.05 Å². The quantitative estimate of drug-likeness (QED) is 0.344. The number of fused-ring (bicyclic) bond motifs is 1. The number of carbonyl (C=O) groups excluding carboxylic acids is 2. The number of aryl methyl sites for hydroxylation is 1. The van der Waals surface area contributed by atoms with Gasteiger partial charge in [0.25, 0.3) is 0 Å². The number of hydrogen-bond acceptors (Lipinski definition) is 6. The number of amides is 2. The average Bonchev–Trinajstić information content (AvgIpc) is 3.46. The monoisotopic (exact) mass is 569 g/mol. The summed E-state index contributed by atoms with van der Waals surface area (Å²) in [4.78, 5) is 38.4. The van der Waals surface area contributed by atoms with Crippen LogP contribution in [0.5, 0.6) is 5.75 Å². The minimum absolute atomic E-state index is 0.0930. The first-order valence-electron chi connectivity index (χ1n) is 11.8. The van der Waals surface area contributed by atoms with Crippen LogP contribution in [0, 0.1) is 0 Å². The lowest BCUT2D eigenvalue weighted by Gasteiger charge is -2.17. The van der Waals surface area contributed by atoms with E-state index in [4.69, 9.17) is 26.2 Å². The van der Waals surface area contributed by atoms with Crippen LogP contribution < -0.4 is 20.7 Å². The summed E-state index contributed by atoms with van der Waals surface area (Å²) in [5.74, 6) is -2.47. The zero-order valence-corrected chi connectivity index (χ0v) is 21.7. The fraction of sp³-hybridized carbons (Fsp3) is 0.360. The molecule has 0 aliphatic carbocycles. The first-order chi connectivity index (χ1) is 18.3. The van der Waals surface area contributed by atoms with E-state index >= 15 is 0 Å². The predicted molar refractivity (Wildman–Crippen MR) is 136 cm³/mol. The van der Waals surface area contributed by atoms with Crippen molar-refractivity contribution in [3.8, 4) is 5.75 Å². The average molecular weight is 570 g/mol. The number of benzene rings is 1. The van der Waals surface area contributed by atoms with Gasteiger partial charge in [-0.3, -0.25) is 9.59 Å². The molecule has 3 aromatic rings. The molecule has 1 saturated heterocycles. The van der Waals surface area contributed by atoms with Gasteiger partial charge in [0.1, 0.15) is 23.5 Å². The van der Waals surface area contributed by atoms with E-state index in [9.17, 15) is 22.8 Å². The van der Waals surface area contributed by atoms with Gasteiger partial charge < -0.3 is 30.4 Å². The molecule has 3 heterocycles. The van der Waals surface area contributed by atoms with Gasteiger partial charge in [-0.25, -0.2) is 9.78 Å². The van der Waals surface area contributed by atoms with Gasteiger partial charge in [-0.2, -0.15) is 13.2 Å². The number of hydrogen-bond donors (Lipinski definition) is 4. The van der Waals surface area contributed by atoms with E-state index in [1.54, 1.807) is 19.3 Å². The standard InChI is InChI=1S/C23H26ClN5O3.C2HF3O2/c1-14(22(30)27-11-15-8-18-19(24)13-29(2)21(18)26-10-15)28-23(31)20-9-17(12-25-20)32-16-6-4-3-5-7-16;3-2(4,5)1(6)7/h3-8,10,13-14,17,20,25H,9,11-12H2,1-2H3,(H,27,30)(H,28,31);(H,6,7)/t14-,17-,20+;/m0./s1. The molecule has 4 rings (SSSR count). The molecular formula is C25H27ClF3N5O5. The lowest BCUT2D eigenvalue weighted by Crippen LogP contribution is -2.49. The largest absolute Gasteiger partial charge is 0.490 e. The normalized spacial score (nSPS) is 17.6. The molecule has 1 aromatic carbocycles. The SMILES string of the molecule is C[C@H](NC(=O)[C@H]1C[C@H](Oc2ccccc2)CN1)C(=O)NCc1cnc2c(c1)c(Cl)cn2C.O=C(O)C(F)(F)F. The minimum Gasteiger partial charge on any atom is -0.489 e. The van der Waals surface area contributed by atoms with E-state index in [0.717, 1.165) is 22.3 Å². The van der Waals surface area contributed by atoms with Gasteiger partial charge in [-0.05, 0) is 30.7 Å². The third-order valence-corrected chi connectivity index (χ3v) is 6.04. The first-order valence-corrected chi connectivity index (χ1v) is 12.2. The number of para-hydroxylation sites is 1. The van der Waals surface area contributed by atoms with Gasteiger partial charge in [-0.15, -0.1) is 0 Å². The van der Waals surface area contributed by atoms with Gasteiger partial charge in [0.15, 0.2) is 0 Å². The second kappa shape index (κ2) is 12.8. The van der Waals surface area contributed by atoms with Crippen LogP contribution in [0.2, 0.25) is 5.02 Å². The summed E-state index contributed by atoms with van der Waals surface area (Å²) in [7, 11) is 1.88. The van der Waals surface area contributed by atoms with Crippen molar-refractivity contribution >= 4 is 40.4 Å². The third kappa shape index (κ3) is 8.32. The number of nitrogens with zero attached hydrogens (tertiary/aromatic N) is 2. The molecule has 2 amide bonds. The highest BCUT2D eigenvalue weighted by atomic mass is 35.5. The molecule has 0 radical (unpaired) electrons. The molecule has 39 heavy (non-hydrogen) atoms. The second-order valence-corrected chi connectivity index (χ2v) is 9.21. The fourth-order valence-corrected chi connectivity index (χ4v) is 4.05. The number of carbonyl (C=O) groups is 3. The lowest BCUT2D eigenvalue weighted by atomic mass is 10.1. The molecule has 0 unspecified atom stereocenters. The number of aromatic nitrogens is 2. The summed E-state index contributed by atoms with van der Waals surface area (Å²) in [6, 6.07) is 10.4. The molecule has 10 nitrogen and oxygen atoms in total. The molecule has 3 atom stereocenters. The van der Waals surface area contributed by atoms with Crippen molar-refractivity contribution in [3.63, 3.8) is 0 Å². The topological polar surface area (TPSA) is 135 Å². The zero-order valence-electron chi connectivity index (χ0n) is 21.0. The molecule has 210 valence electrons. The molecule has 2 aromatic heterocycles. The first kappa shape index (κ1) is 29.7. The Balaban J connectivity index is 0.000000532. The highest BCUT2D eigenvalue weighted by Crippen LogP contribution is 2.24. The highest BCUT2D eigenvalue weighted by Gasteiger charge is 2.38. The lowest BCUT2D eigenvalue weighted by molar-refractivity contribution is -0.192. The number of alkyl halides is 3. The van der Waals surface area contributed by atoms with Gasteiger partial charge in [0.2, 0.25) is 11.8 Å². The Morgan fingerprint density at radius 1 is 1.28 bits per heavy atom. The summed E-state index contributed by atoms with van der Waals surface area (Å²) in [6.45, 7) is 2.53. The van der Waals surface area contributed by atoms with E-state index < -0.39 is 24.2 Å². The number of pyridine rings is 1. The Kier molecular flexibility index (Phi) is 9.76. The number of halogens is 4. The van der Waals surface area contributed by atoms with Crippen LogP contribution in [0.15, 0.2) is 48.8 Å². The number of ether oxygens (including phenoxy) is 1. The van der Waals surface area contributed by atoms with Crippen LogP contribution in [-0.4, -0.2) is 63.3 Å². The molecule has 0 saturated carbocycles. The van der Waals surface area contributed by atoms with Gasteiger partial charge in [0.05, 0.1) is 11.1 Å². The number of carboxylic acid groups (broad SMARTS) is 1. The predicted octanol–water partition coefficient (Wildman–Crippen LogP) is 2.79. The zero-order chi connectivity index (χ0) is 28.7. The number of carboxylic acids is 1. The smallest absolute Gasteiger partial charge is 0.489 e. The molecule has 4 N–H and O–H groups in total. The summed E-state index contributed by atoms with van der Waals surface area (Å²) < 4.78 is 39.5. The number of nitrogens with one attached hydrogen (secondary N) is 3. The van der Waals surface area contributed by atoms with E-state index in [0.29, 0.717) is 24.5 Å². The molecule has 0 spiro atoms. The summed E-state index contributed by atoms with van der Waals surface area (Å²) in [5, 5.41) is 17.3. The molecule has 1 aliphatic rings. The van der Waals surface area contributed by atoms with Gasteiger partial charge in [0, 0.05) is 44.3 Å². The Morgan fingerprint density at radius 3 is 2.59 bits per heavy atom. The maximum atomic E-state index is 12.6. The van der Waals surface area contributed by atoms with Gasteiger partial charge >= 0.3 is 12.1 Å². The van der Waals surface area contributed by atoms with Crippen LogP contribution in [0.1, 0.15) is 18.9 Å². The third-order valence-electron chi connectivity index (χ3n) is 5.74. The van der Waals surface area contributed by atoms with Crippen molar-refractivity contribution < 1.29 is 37.4 Å². The summed E-state index contributed by atoms with van der Waals surface area (Å²) >= 11 is 6.23. The molecule has 14 heteroatoms. The molecule has 0 bridgehead atoms. The Bertz CT molecular complexity index is 1320.